The van der Waals surface area contributed by atoms with E-state index >= 15 is 0 Å². The Hall–Kier alpha value is -3.41. The standard InChI is InChI=1S/C83H145NO8/c1-3-5-7-9-11-13-15-17-19-21-23-25-27-29-31-33-35-37-38-39-40-41-43-45-47-49-51-53-55-57-59-61-63-65-67-69-71-73-79(87)84-76(75-91-83-82(90)81(89)80(88)78(74-85)92-83)77(86)72-70-68-66-64-62-60-58-56-54-52-50-48-46-44-42-36-34-32-30-28-26-24-22-20-18-16-14-12-10-8-6-4-2/h5,7,11,13,17,19,23,25,29,31,35,37,39-40,54,56,62,64,70,72,76-78,80-83,85-86,88-90H,3-4,6,8-10,12,14-16,18,20-22,24,26-28,30,32-34,36,38,41-53,55,57-61,63,65-69,71,73-75H2,1-2H3,(H,84,87)/b7-5-,13-11-,19-17-,25-23-,31-29-,37-35-,40-39-,56-54+,64-62+,72-70+. The van der Waals surface area contributed by atoms with Gasteiger partial charge in [0.2, 0.25) is 5.91 Å². The quantitative estimate of drug-likeness (QED) is 0.0261. The van der Waals surface area contributed by atoms with E-state index < -0.39 is 49.5 Å². The molecule has 1 saturated heterocycles. The van der Waals surface area contributed by atoms with Crippen LogP contribution in [0.3, 0.4) is 0 Å². The first kappa shape index (κ1) is 86.6. The van der Waals surface area contributed by atoms with Crippen LogP contribution in [0.15, 0.2) is 122 Å². The maximum Gasteiger partial charge on any atom is 0.220 e. The van der Waals surface area contributed by atoms with Gasteiger partial charge in [-0.1, -0.05) is 354 Å². The molecule has 9 nitrogen and oxygen atoms in total. The Bertz CT molecular complexity index is 1880. The largest absolute Gasteiger partial charge is 0.394 e. The van der Waals surface area contributed by atoms with Gasteiger partial charge in [0, 0.05) is 6.42 Å². The molecule has 1 aliphatic rings. The summed E-state index contributed by atoms with van der Waals surface area (Å²) in [6.45, 7) is 3.68. The Morgan fingerprint density at radius 1 is 0.380 bits per heavy atom. The number of rotatable bonds is 67. The van der Waals surface area contributed by atoms with Crippen molar-refractivity contribution in [1.82, 2.24) is 5.32 Å². The SMILES string of the molecule is CC/C=C\C/C=C\C/C=C\C/C=C\C/C=C\C/C=C\C/C=C\CCCCCCCCCCCCCCCCCC(=O)NC(COC1OC(CO)C(O)C(O)C1O)C(O)/C=C/CC/C=C/CC/C=C/CCCCCCCCCCCCCCCCCCCCCCCC. The van der Waals surface area contributed by atoms with E-state index in [4.69, 9.17) is 9.47 Å². The smallest absolute Gasteiger partial charge is 0.220 e. The number of allylic oxidation sites excluding steroid dienone is 19. The van der Waals surface area contributed by atoms with Crippen LogP contribution in [0, 0.1) is 0 Å². The highest BCUT2D eigenvalue weighted by Gasteiger charge is 2.44. The first-order chi connectivity index (χ1) is 45.3. The van der Waals surface area contributed by atoms with Crippen LogP contribution in [0.2, 0.25) is 0 Å². The zero-order chi connectivity index (χ0) is 66.4. The molecule has 0 aliphatic carbocycles. The Labute approximate surface area is 567 Å². The number of hydrogen-bond donors (Lipinski definition) is 6. The van der Waals surface area contributed by atoms with Crippen LogP contribution in [0.5, 0.6) is 0 Å². The molecule has 1 fully saturated rings. The maximum atomic E-state index is 13.2. The van der Waals surface area contributed by atoms with Crippen molar-refractivity contribution < 1.29 is 39.8 Å². The van der Waals surface area contributed by atoms with E-state index in [9.17, 15) is 30.3 Å². The number of nitrogens with one attached hydrogen (secondary N) is 1. The zero-order valence-electron chi connectivity index (χ0n) is 59.5. The second-order valence-electron chi connectivity index (χ2n) is 26.4. The summed E-state index contributed by atoms with van der Waals surface area (Å²) in [5, 5.41) is 54.8. The molecule has 1 heterocycles. The summed E-state index contributed by atoms with van der Waals surface area (Å²) in [7, 11) is 0. The van der Waals surface area contributed by atoms with Gasteiger partial charge in [-0.2, -0.15) is 0 Å². The summed E-state index contributed by atoms with van der Waals surface area (Å²) in [5.74, 6) is -0.191. The molecule has 7 unspecified atom stereocenters. The van der Waals surface area contributed by atoms with Gasteiger partial charge >= 0.3 is 0 Å². The molecule has 530 valence electrons. The van der Waals surface area contributed by atoms with Crippen molar-refractivity contribution in [3.05, 3.63) is 122 Å². The fraction of sp³-hybridized carbons (Fsp3) is 0.747. The predicted octanol–water partition coefficient (Wildman–Crippen LogP) is 22.1. The number of aliphatic hydroxyl groups is 5. The highest BCUT2D eigenvalue weighted by molar-refractivity contribution is 5.76. The molecular formula is C83H145NO8. The average Bonchev–Trinajstić information content (AvgIpc) is 1.00. The van der Waals surface area contributed by atoms with E-state index in [0.717, 1.165) is 89.9 Å². The number of carbonyl (C=O) groups excluding carboxylic acids is 1. The van der Waals surface area contributed by atoms with E-state index in [1.54, 1.807) is 6.08 Å². The molecule has 0 spiro atoms. The van der Waals surface area contributed by atoms with Crippen LogP contribution < -0.4 is 5.32 Å². The second kappa shape index (κ2) is 70.4. The fourth-order valence-electron chi connectivity index (χ4n) is 11.8. The van der Waals surface area contributed by atoms with Crippen LogP contribution in [-0.2, 0) is 14.3 Å². The first-order valence-electron chi connectivity index (χ1n) is 38.8. The number of aliphatic hydroxyl groups excluding tert-OH is 5. The van der Waals surface area contributed by atoms with Crippen molar-refractivity contribution in [1.29, 1.82) is 0 Å². The van der Waals surface area contributed by atoms with Crippen LogP contribution in [0.4, 0.5) is 0 Å². The number of ether oxygens (including phenoxy) is 2. The van der Waals surface area contributed by atoms with E-state index in [-0.39, 0.29) is 12.5 Å². The lowest BCUT2D eigenvalue weighted by molar-refractivity contribution is -0.302. The van der Waals surface area contributed by atoms with Crippen LogP contribution in [0.25, 0.3) is 0 Å². The Morgan fingerprint density at radius 2 is 0.685 bits per heavy atom. The van der Waals surface area contributed by atoms with Gasteiger partial charge in [0.25, 0.3) is 0 Å². The highest BCUT2D eigenvalue weighted by Crippen LogP contribution is 2.23. The van der Waals surface area contributed by atoms with E-state index in [2.05, 4.69) is 129 Å². The van der Waals surface area contributed by atoms with E-state index in [1.165, 1.54) is 231 Å². The van der Waals surface area contributed by atoms with Gasteiger partial charge in [-0.15, -0.1) is 0 Å². The van der Waals surface area contributed by atoms with Gasteiger partial charge in [0.1, 0.15) is 24.4 Å². The molecule has 9 heteroatoms. The molecule has 1 amide bonds. The zero-order valence-corrected chi connectivity index (χ0v) is 59.5. The molecule has 6 N–H and O–H groups in total. The van der Waals surface area contributed by atoms with Crippen LogP contribution in [-0.4, -0.2) is 87.5 Å². The number of unbranched alkanes of at least 4 members (excludes halogenated alkanes) is 39. The van der Waals surface area contributed by atoms with Crippen molar-refractivity contribution in [3.63, 3.8) is 0 Å². The molecule has 0 bridgehead atoms. The van der Waals surface area contributed by atoms with Crippen molar-refractivity contribution >= 4 is 5.91 Å². The third-order valence-electron chi connectivity index (χ3n) is 17.7. The Balaban J connectivity index is 2.13. The summed E-state index contributed by atoms with van der Waals surface area (Å²) >= 11 is 0. The maximum absolute atomic E-state index is 13.2. The third-order valence-corrected chi connectivity index (χ3v) is 17.7. The molecule has 7 atom stereocenters. The van der Waals surface area contributed by atoms with Gasteiger partial charge in [0.05, 0.1) is 25.4 Å². The minimum Gasteiger partial charge on any atom is -0.394 e. The summed E-state index contributed by atoms with van der Waals surface area (Å²) in [6.07, 6.45) is 99.0. The molecule has 1 rings (SSSR count). The molecule has 0 aromatic carbocycles. The molecule has 0 radical (unpaired) electrons. The van der Waals surface area contributed by atoms with E-state index in [0.29, 0.717) is 6.42 Å². The van der Waals surface area contributed by atoms with Gasteiger partial charge < -0.3 is 40.3 Å². The fourth-order valence-corrected chi connectivity index (χ4v) is 11.8. The van der Waals surface area contributed by atoms with Gasteiger partial charge in [-0.05, 0) is 103 Å². The molecule has 1 aliphatic heterocycles. The van der Waals surface area contributed by atoms with Crippen molar-refractivity contribution in [2.75, 3.05) is 13.2 Å². The lowest BCUT2D eigenvalue weighted by Crippen LogP contribution is -2.60. The van der Waals surface area contributed by atoms with Gasteiger partial charge in [-0.3, -0.25) is 4.79 Å². The molecular weight excluding hydrogens is 1140 g/mol. The molecule has 0 saturated carbocycles. The summed E-state index contributed by atoms with van der Waals surface area (Å²) in [5.41, 5.74) is 0. The second-order valence-corrected chi connectivity index (χ2v) is 26.4. The summed E-state index contributed by atoms with van der Waals surface area (Å²) in [6, 6.07) is -0.837. The molecule has 0 aromatic rings. The lowest BCUT2D eigenvalue weighted by Gasteiger charge is -2.40. The monoisotopic (exact) mass is 1280 g/mol. The van der Waals surface area contributed by atoms with Gasteiger partial charge in [0.15, 0.2) is 6.29 Å². The third kappa shape index (κ3) is 58.0. The van der Waals surface area contributed by atoms with E-state index in [1.807, 2.05) is 6.08 Å². The minimum atomic E-state index is -1.58. The number of amides is 1. The number of carbonyl (C=O) groups is 1. The van der Waals surface area contributed by atoms with Crippen molar-refractivity contribution in [3.8, 4) is 0 Å². The number of hydrogen-bond acceptors (Lipinski definition) is 8. The molecule has 0 aromatic heterocycles. The minimum absolute atomic E-state index is 0.191. The van der Waals surface area contributed by atoms with Crippen LogP contribution in [0.1, 0.15) is 341 Å². The van der Waals surface area contributed by atoms with Crippen molar-refractivity contribution in [2.24, 2.45) is 0 Å². The topological polar surface area (TPSA) is 149 Å². The molecule has 92 heavy (non-hydrogen) atoms. The highest BCUT2D eigenvalue weighted by atomic mass is 16.7. The summed E-state index contributed by atoms with van der Waals surface area (Å²) < 4.78 is 11.3. The van der Waals surface area contributed by atoms with Crippen LogP contribution >= 0.6 is 0 Å². The summed E-state index contributed by atoms with van der Waals surface area (Å²) in [4.78, 5) is 13.2. The predicted molar refractivity (Wildman–Crippen MR) is 396 cm³/mol. The average molecular weight is 1290 g/mol. The Morgan fingerprint density at radius 3 is 1.04 bits per heavy atom. The van der Waals surface area contributed by atoms with Gasteiger partial charge in [-0.25, -0.2) is 0 Å². The normalized spacial score (nSPS) is 18.4. The first-order valence-corrected chi connectivity index (χ1v) is 38.8. The lowest BCUT2D eigenvalue weighted by atomic mass is 9.99. The Kier molecular flexibility index (Phi) is 66.3. The van der Waals surface area contributed by atoms with Crippen molar-refractivity contribution in [2.45, 2.75) is 384 Å².